The monoisotopic (exact) mass is 434 g/mol. The summed E-state index contributed by atoms with van der Waals surface area (Å²) < 4.78 is 11.3. The van der Waals surface area contributed by atoms with Gasteiger partial charge < -0.3 is 19.6 Å². The van der Waals surface area contributed by atoms with E-state index in [4.69, 9.17) is 9.47 Å². The van der Waals surface area contributed by atoms with Gasteiger partial charge in [-0.15, -0.1) is 0 Å². The zero-order valence-electron chi connectivity index (χ0n) is 13.9. The highest BCUT2D eigenvalue weighted by Crippen LogP contribution is 2.36. The standard InChI is InChI=1S/C18H15BrN2O4S/c1-24-14-9-15(25-2)11(19)7-10(14)8-16(17(22)23)26-18-20-12-5-3-4-6-13(12)21-18/h3-9H,1-2H3,(H,20,21)(H,22,23)/b16-8-. The third-order valence-electron chi connectivity index (χ3n) is 3.58. The normalized spacial score (nSPS) is 11.6. The van der Waals surface area contributed by atoms with Crippen molar-refractivity contribution < 1.29 is 19.4 Å². The molecule has 2 N–H and O–H groups in total. The third-order valence-corrected chi connectivity index (χ3v) is 5.09. The number of aromatic nitrogens is 2. The number of halogens is 1. The summed E-state index contributed by atoms with van der Waals surface area (Å²) in [5.41, 5.74) is 2.25. The lowest BCUT2D eigenvalue weighted by Gasteiger charge is -2.10. The Hall–Kier alpha value is -2.45. The zero-order chi connectivity index (χ0) is 18.7. The van der Waals surface area contributed by atoms with Crippen molar-refractivity contribution in [3.8, 4) is 11.5 Å². The molecule has 3 rings (SSSR count). The molecular formula is C18H15BrN2O4S. The topological polar surface area (TPSA) is 84.4 Å². The number of nitrogens with zero attached hydrogens (tertiary/aromatic N) is 1. The molecule has 0 saturated heterocycles. The van der Waals surface area contributed by atoms with Crippen LogP contribution in [0.25, 0.3) is 17.1 Å². The van der Waals surface area contributed by atoms with Crippen molar-refractivity contribution in [1.29, 1.82) is 0 Å². The summed E-state index contributed by atoms with van der Waals surface area (Å²) in [4.78, 5) is 19.4. The van der Waals surface area contributed by atoms with E-state index in [1.54, 1.807) is 25.3 Å². The highest BCUT2D eigenvalue weighted by molar-refractivity contribution is 9.10. The summed E-state index contributed by atoms with van der Waals surface area (Å²) in [7, 11) is 3.07. The second-order valence-corrected chi connectivity index (χ2v) is 7.09. The van der Waals surface area contributed by atoms with Crippen LogP contribution in [0.5, 0.6) is 11.5 Å². The number of carboxylic acid groups (broad SMARTS) is 1. The lowest BCUT2D eigenvalue weighted by atomic mass is 10.1. The molecule has 26 heavy (non-hydrogen) atoms. The molecule has 0 aliphatic carbocycles. The van der Waals surface area contributed by atoms with E-state index in [0.29, 0.717) is 26.7 Å². The van der Waals surface area contributed by atoms with E-state index in [1.807, 2.05) is 24.3 Å². The molecule has 0 spiro atoms. The van der Waals surface area contributed by atoms with Crippen molar-refractivity contribution in [3.63, 3.8) is 0 Å². The quantitative estimate of drug-likeness (QED) is 0.436. The fourth-order valence-electron chi connectivity index (χ4n) is 2.35. The van der Waals surface area contributed by atoms with Gasteiger partial charge in [0, 0.05) is 11.6 Å². The maximum Gasteiger partial charge on any atom is 0.342 e. The molecule has 1 heterocycles. The Balaban J connectivity index is 1.99. The van der Waals surface area contributed by atoms with Gasteiger partial charge in [0.05, 0.1) is 29.7 Å². The van der Waals surface area contributed by atoms with Crippen molar-refractivity contribution in [1.82, 2.24) is 9.97 Å². The summed E-state index contributed by atoms with van der Waals surface area (Å²) in [6, 6.07) is 11.0. The number of carbonyl (C=O) groups is 1. The number of fused-ring (bicyclic) bond motifs is 1. The van der Waals surface area contributed by atoms with Crippen LogP contribution in [-0.2, 0) is 4.79 Å². The van der Waals surface area contributed by atoms with E-state index in [9.17, 15) is 9.90 Å². The number of rotatable bonds is 6. The van der Waals surface area contributed by atoms with Gasteiger partial charge in [0.25, 0.3) is 0 Å². The minimum atomic E-state index is -1.05. The minimum Gasteiger partial charge on any atom is -0.496 e. The van der Waals surface area contributed by atoms with Crippen LogP contribution in [0.3, 0.4) is 0 Å². The molecule has 0 fully saturated rings. The molecule has 0 aliphatic rings. The van der Waals surface area contributed by atoms with Crippen LogP contribution in [0.2, 0.25) is 0 Å². The summed E-state index contributed by atoms with van der Waals surface area (Å²) in [5, 5.41) is 10.1. The molecule has 0 radical (unpaired) electrons. The lowest BCUT2D eigenvalue weighted by Crippen LogP contribution is -1.98. The first kappa shape index (κ1) is 18.3. The number of nitrogens with one attached hydrogen (secondary N) is 1. The number of thioether (sulfide) groups is 1. The molecule has 6 nitrogen and oxygen atoms in total. The van der Waals surface area contributed by atoms with Gasteiger partial charge in [-0.2, -0.15) is 0 Å². The average Bonchev–Trinajstić information content (AvgIpc) is 3.03. The number of aliphatic carboxylic acids is 1. The van der Waals surface area contributed by atoms with Crippen molar-refractivity contribution in [2.24, 2.45) is 0 Å². The maximum atomic E-state index is 11.7. The summed E-state index contributed by atoms with van der Waals surface area (Å²) >= 11 is 4.45. The number of imidazole rings is 1. The number of carboxylic acids is 1. The second-order valence-electron chi connectivity index (χ2n) is 5.20. The first-order valence-electron chi connectivity index (χ1n) is 7.51. The Morgan fingerprint density at radius 1 is 1.23 bits per heavy atom. The van der Waals surface area contributed by atoms with Crippen LogP contribution in [-0.4, -0.2) is 35.3 Å². The van der Waals surface area contributed by atoms with Crippen LogP contribution >= 0.6 is 27.7 Å². The molecule has 0 aliphatic heterocycles. The molecule has 0 unspecified atom stereocenters. The van der Waals surface area contributed by atoms with Gasteiger partial charge in [-0.25, -0.2) is 9.78 Å². The van der Waals surface area contributed by atoms with Crippen molar-refractivity contribution in [2.45, 2.75) is 5.16 Å². The van der Waals surface area contributed by atoms with E-state index < -0.39 is 5.97 Å². The van der Waals surface area contributed by atoms with Gasteiger partial charge in [-0.05, 0) is 52.0 Å². The number of para-hydroxylation sites is 2. The van der Waals surface area contributed by atoms with E-state index >= 15 is 0 Å². The first-order valence-corrected chi connectivity index (χ1v) is 9.12. The summed E-state index contributed by atoms with van der Waals surface area (Å²) in [5.74, 6) is 0.0549. The fraction of sp³-hybridized carbons (Fsp3) is 0.111. The number of hydrogen-bond donors (Lipinski definition) is 2. The SMILES string of the molecule is COc1cc(OC)c(/C=C(\Sc2nc3ccccc3[nH]2)C(=O)O)cc1Br. The third kappa shape index (κ3) is 3.86. The van der Waals surface area contributed by atoms with Crippen LogP contribution < -0.4 is 9.47 Å². The molecular weight excluding hydrogens is 420 g/mol. The van der Waals surface area contributed by atoms with Gasteiger partial charge in [0.1, 0.15) is 16.4 Å². The minimum absolute atomic E-state index is 0.111. The highest BCUT2D eigenvalue weighted by atomic mass is 79.9. The Labute approximate surface area is 162 Å². The summed E-state index contributed by atoms with van der Waals surface area (Å²) in [6.07, 6.45) is 1.54. The Kier molecular flexibility index (Phi) is 5.53. The van der Waals surface area contributed by atoms with Crippen molar-refractivity contribution in [2.75, 3.05) is 14.2 Å². The number of hydrogen-bond acceptors (Lipinski definition) is 5. The molecule has 0 bridgehead atoms. The second kappa shape index (κ2) is 7.84. The van der Waals surface area contributed by atoms with Crippen molar-refractivity contribution >= 4 is 50.8 Å². The molecule has 134 valence electrons. The molecule has 0 amide bonds. The zero-order valence-corrected chi connectivity index (χ0v) is 16.3. The Bertz CT molecular complexity index is 967. The number of aromatic amines is 1. The first-order chi connectivity index (χ1) is 12.5. The largest absolute Gasteiger partial charge is 0.496 e. The van der Waals surface area contributed by atoms with Crippen LogP contribution in [0.4, 0.5) is 0 Å². The van der Waals surface area contributed by atoms with E-state index in [-0.39, 0.29) is 4.91 Å². The average molecular weight is 435 g/mol. The molecule has 0 atom stereocenters. The number of ether oxygens (including phenoxy) is 2. The van der Waals surface area contributed by atoms with Crippen LogP contribution in [0.15, 0.2) is 50.9 Å². The van der Waals surface area contributed by atoms with Gasteiger partial charge in [0.2, 0.25) is 0 Å². The number of benzene rings is 2. The van der Waals surface area contributed by atoms with Crippen LogP contribution in [0.1, 0.15) is 5.56 Å². The van der Waals surface area contributed by atoms with Crippen LogP contribution in [0, 0.1) is 0 Å². The van der Waals surface area contributed by atoms with E-state index in [1.165, 1.54) is 7.11 Å². The predicted molar refractivity (Wildman–Crippen MR) is 105 cm³/mol. The predicted octanol–water partition coefficient (Wildman–Crippen LogP) is 4.56. The Morgan fingerprint density at radius 3 is 2.62 bits per heavy atom. The molecule has 8 heteroatoms. The van der Waals surface area contributed by atoms with Gasteiger partial charge in [-0.1, -0.05) is 12.1 Å². The highest BCUT2D eigenvalue weighted by Gasteiger charge is 2.15. The number of H-pyrrole nitrogens is 1. The van der Waals surface area contributed by atoms with Gasteiger partial charge >= 0.3 is 5.97 Å². The van der Waals surface area contributed by atoms with Gasteiger partial charge in [-0.3, -0.25) is 0 Å². The Morgan fingerprint density at radius 2 is 1.96 bits per heavy atom. The molecule has 1 aromatic heterocycles. The fourth-order valence-corrected chi connectivity index (χ4v) is 3.66. The maximum absolute atomic E-state index is 11.7. The van der Waals surface area contributed by atoms with E-state index in [0.717, 1.165) is 22.8 Å². The van der Waals surface area contributed by atoms with Gasteiger partial charge in [0.15, 0.2) is 5.16 Å². The molecule has 3 aromatic rings. The summed E-state index contributed by atoms with van der Waals surface area (Å²) in [6.45, 7) is 0. The molecule has 0 saturated carbocycles. The lowest BCUT2D eigenvalue weighted by molar-refractivity contribution is -0.131. The molecule has 2 aromatic carbocycles. The number of methoxy groups -OCH3 is 2. The smallest absolute Gasteiger partial charge is 0.342 e. The van der Waals surface area contributed by atoms with Crippen molar-refractivity contribution in [3.05, 3.63) is 51.3 Å². The van der Waals surface area contributed by atoms with E-state index in [2.05, 4.69) is 25.9 Å².